The lowest BCUT2D eigenvalue weighted by Gasteiger charge is -2.09. The highest BCUT2D eigenvalue weighted by Gasteiger charge is 2.34. The van der Waals surface area contributed by atoms with Gasteiger partial charge in [-0.2, -0.15) is 0 Å². The molecule has 4 heteroatoms. The number of esters is 1. The fourth-order valence-corrected chi connectivity index (χ4v) is 1.89. The molecule has 0 fully saturated rings. The van der Waals surface area contributed by atoms with Crippen LogP contribution < -0.4 is 4.74 Å². The second-order valence-corrected chi connectivity index (χ2v) is 4.03. The maximum atomic E-state index is 11.4. The van der Waals surface area contributed by atoms with E-state index in [1.54, 1.807) is 19.9 Å². The highest BCUT2D eigenvalue weighted by molar-refractivity contribution is 6.03. The highest BCUT2D eigenvalue weighted by atomic mass is 16.5. The molecule has 1 aliphatic rings. The Kier molecular flexibility index (Phi) is 2.22. The third-order valence-corrected chi connectivity index (χ3v) is 2.85. The lowest BCUT2D eigenvalue weighted by atomic mass is 9.95. The molecule has 1 heterocycles. The molecule has 1 aromatic rings. The van der Waals surface area contributed by atoms with Crippen LogP contribution in [0.2, 0.25) is 0 Å². The SMILES string of the molecule is CC(=O)c1c(O)c(C)cc2c1OC(=O)C2C. The number of rotatable bonds is 1. The molecule has 2 rings (SSSR count). The van der Waals surface area contributed by atoms with Gasteiger partial charge in [0.15, 0.2) is 5.78 Å². The summed E-state index contributed by atoms with van der Waals surface area (Å²) in [4.78, 5) is 22.9. The number of ketones is 1. The Morgan fingerprint density at radius 2 is 2.12 bits per heavy atom. The summed E-state index contributed by atoms with van der Waals surface area (Å²) in [5.41, 5.74) is 1.35. The number of ether oxygens (including phenoxy) is 1. The number of aryl methyl sites for hydroxylation is 1. The fraction of sp³-hybridized carbons (Fsp3) is 0.333. The Morgan fingerprint density at radius 3 is 2.69 bits per heavy atom. The van der Waals surface area contributed by atoms with Crippen LogP contribution >= 0.6 is 0 Å². The van der Waals surface area contributed by atoms with E-state index in [1.165, 1.54) is 6.92 Å². The molecular weight excluding hydrogens is 208 g/mol. The number of hydrogen-bond acceptors (Lipinski definition) is 4. The minimum absolute atomic E-state index is 0.104. The van der Waals surface area contributed by atoms with Gasteiger partial charge in [0.2, 0.25) is 0 Å². The first kappa shape index (κ1) is 10.7. The van der Waals surface area contributed by atoms with E-state index in [4.69, 9.17) is 4.74 Å². The van der Waals surface area contributed by atoms with Crippen molar-refractivity contribution in [2.45, 2.75) is 26.7 Å². The number of Topliss-reactive ketones (excluding diaryl/α,β-unsaturated/α-hetero) is 1. The van der Waals surface area contributed by atoms with Gasteiger partial charge in [0.25, 0.3) is 0 Å². The second kappa shape index (κ2) is 3.33. The van der Waals surface area contributed by atoms with Gasteiger partial charge in [0.1, 0.15) is 17.1 Å². The molecule has 16 heavy (non-hydrogen) atoms. The molecule has 0 amide bonds. The lowest BCUT2D eigenvalue weighted by molar-refractivity contribution is -0.133. The Bertz CT molecular complexity index is 502. The molecule has 0 spiro atoms. The zero-order chi connectivity index (χ0) is 12.0. The van der Waals surface area contributed by atoms with Crippen molar-refractivity contribution in [2.75, 3.05) is 0 Å². The van der Waals surface area contributed by atoms with Crippen molar-refractivity contribution in [3.8, 4) is 11.5 Å². The van der Waals surface area contributed by atoms with E-state index in [1.807, 2.05) is 0 Å². The van der Waals surface area contributed by atoms with E-state index in [0.29, 0.717) is 11.1 Å². The number of carbonyl (C=O) groups is 2. The number of fused-ring (bicyclic) bond motifs is 1. The summed E-state index contributed by atoms with van der Waals surface area (Å²) in [6.45, 7) is 4.75. The molecule has 1 N–H and O–H groups in total. The van der Waals surface area contributed by atoms with Crippen LogP contribution in [0.4, 0.5) is 0 Å². The molecule has 1 unspecified atom stereocenters. The molecule has 1 atom stereocenters. The molecule has 84 valence electrons. The molecule has 0 aromatic heterocycles. The van der Waals surface area contributed by atoms with Gasteiger partial charge in [-0.25, -0.2) is 0 Å². The first-order valence-corrected chi connectivity index (χ1v) is 5.02. The summed E-state index contributed by atoms with van der Waals surface area (Å²) in [6.07, 6.45) is 0. The van der Waals surface area contributed by atoms with Crippen molar-refractivity contribution in [1.29, 1.82) is 0 Å². The topological polar surface area (TPSA) is 63.6 Å². The van der Waals surface area contributed by atoms with Crippen LogP contribution in [0.1, 0.15) is 41.3 Å². The molecule has 0 saturated heterocycles. The summed E-state index contributed by atoms with van der Waals surface area (Å²) in [6, 6.07) is 1.69. The predicted molar refractivity (Wildman–Crippen MR) is 56.9 cm³/mol. The van der Waals surface area contributed by atoms with Crippen molar-refractivity contribution < 1.29 is 19.4 Å². The summed E-state index contributed by atoms with van der Waals surface area (Å²) in [5, 5.41) is 9.79. The van der Waals surface area contributed by atoms with Crippen molar-refractivity contribution in [3.63, 3.8) is 0 Å². The molecule has 1 aliphatic heterocycles. The van der Waals surface area contributed by atoms with Crippen LogP contribution in [0.25, 0.3) is 0 Å². The van der Waals surface area contributed by atoms with Gasteiger partial charge in [-0.3, -0.25) is 9.59 Å². The van der Waals surface area contributed by atoms with Crippen LogP contribution in [0.3, 0.4) is 0 Å². The zero-order valence-electron chi connectivity index (χ0n) is 9.33. The van der Waals surface area contributed by atoms with Crippen molar-refractivity contribution >= 4 is 11.8 Å². The van der Waals surface area contributed by atoms with E-state index >= 15 is 0 Å². The highest BCUT2D eigenvalue weighted by Crippen LogP contribution is 2.43. The number of carbonyl (C=O) groups excluding carboxylic acids is 2. The molecule has 0 bridgehead atoms. The predicted octanol–water partition coefficient (Wildman–Crippen LogP) is 1.93. The standard InChI is InChI=1S/C12H12O4/c1-5-4-8-6(2)12(15)16-11(8)9(7(3)13)10(5)14/h4,6,14H,1-3H3. The summed E-state index contributed by atoms with van der Waals surface area (Å²) < 4.78 is 5.03. The maximum Gasteiger partial charge on any atom is 0.318 e. The molecular formula is C12H12O4. The Labute approximate surface area is 92.8 Å². The van der Waals surface area contributed by atoms with Crippen LogP contribution in [-0.4, -0.2) is 16.9 Å². The van der Waals surface area contributed by atoms with E-state index in [0.717, 1.165) is 0 Å². The lowest BCUT2D eigenvalue weighted by Crippen LogP contribution is -2.06. The van der Waals surface area contributed by atoms with Gasteiger partial charge in [0, 0.05) is 5.56 Å². The van der Waals surface area contributed by atoms with Gasteiger partial charge in [0.05, 0.1) is 5.92 Å². The summed E-state index contributed by atoms with van der Waals surface area (Å²) >= 11 is 0. The van der Waals surface area contributed by atoms with Crippen molar-refractivity contribution in [1.82, 2.24) is 0 Å². The third-order valence-electron chi connectivity index (χ3n) is 2.85. The van der Waals surface area contributed by atoms with Gasteiger partial charge in [-0.05, 0) is 32.4 Å². The van der Waals surface area contributed by atoms with E-state index < -0.39 is 0 Å². The van der Waals surface area contributed by atoms with E-state index in [-0.39, 0.29) is 34.7 Å². The first-order valence-electron chi connectivity index (χ1n) is 5.02. The van der Waals surface area contributed by atoms with Crippen LogP contribution in [0.15, 0.2) is 6.07 Å². The number of aromatic hydroxyl groups is 1. The zero-order valence-corrected chi connectivity index (χ0v) is 9.33. The van der Waals surface area contributed by atoms with E-state index in [9.17, 15) is 14.7 Å². The molecule has 0 aliphatic carbocycles. The average Bonchev–Trinajstić information content (AvgIpc) is 2.45. The van der Waals surface area contributed by atoms with Gasteiger partial charge < -0.3 is 9.84 Å². The quantitative estimate of drug-likeness (QED) is 0.446. The first-order chi connectivity index (χ1) is 7.43. The summed E-state index contributed by atoms with van der Waals surface area (Å²) in [5.74, 6) is -0.962. The molecule has 1 aromatic carbocycles. The van der Waals surface area contributed by atoms with Gasteiger partial charge in [-0.1, -0.05) is 0 Å². The fourth-order valence-electron chi connectivity index (χ4n) is 1.89. The number of phenols is 1. The molecule has 0 radical (unpaired) electrons. The van der Waals surface area contributed by atoms with E-state index in [2.05, 4.69) is 0 Å². The second-order valence-electron chi connectivity index (χ2n) is 4.03. The third kappa shape index (κ3) is 1.30. The normalized spacial score (nSPS) is 18.2. The summed E-state index contributed by atoms with van der Waals surface area (Å²) in [7, 11) is 0. The molecule has 0 saturated carbocycles. The monoisotopic (exact) mass is 220 g/mol. The van der Waals surface area contributed by atoms with Crippen LogP contribution in [0.5, 0.6) is 11.5 Å². The Balaban J connectivity index is 2.76. The number of phenolic OH excluding ortho intramolecular Hbond substituents is 1. The van der Waals surface area contributed by atoms with Crippen molar-refractivity contribution in [2.24, 2.45) is 0 Å². The van der Waals surface area contributed by atoms with Gasteiger partial charge >= 0.3 is 5.97 Å². The Morgan fingerprint density at radius 1 is 1.50 bits per heavy atom. The van der Waals surface area contributed by atoms with Crippen molar-refractivity contribution in [3.05, 3.63) is 22.8 Å². The smallest absolute Gasteiger partial charge is 0.318 e. The molecule has 4 nitrogen and oxygen atoms in total. The number of benzene rings is 1. The van der Waals surface area contributed by atoms with Gasteiger partial charge in [-0.15, -0.1) is 0 Å². The maximum absolute atomic E-state index is 11.4. The minimum atomic E-state index is -0.387. The number of hydrogen-bond donors (Lipinski definition) is 1. The Hall–Kier alpha value is -1.84. The van der Waals surface area contributed by atoms with Crippen LogP contribution in [0, 0.1) is 6.92 Å². The largest absolute Gasteiger partial charge is 0.507 e. The minimum Gasteiger partial charge on any atom is -0.507 e. The average molecular weight is 220 g/mol. The van der Waals surface area contributed by atoms with Crippen LogP contribution in [-0.2, 0) is 4.79 Å².